The zero-order chi connectivity index (χ0) is 23.8. The van der Waals surface area contributed by atoms with Crippen LogP contribution in [0.3, 0.4) is 0 Å². The molecule has 34 heavy (non-hydrogen) atoms. The minimum atomic E-state index is -0.387. The van der Waals surface area contributed by atoms with E-state index in [1.165, 1.54) is 22.6 Å². The monoisotopic (exact) mass is 480 g/mol. The van der Waals surface area contributed by atoms with E-state index in [0.29, 0.717) is 13.1 Å². The molecular weight excluding hydrogens is 452 g/mol. The summed E-state index contributed by atoms with van der Waals surface area (Å²) in [5.41, 5.74) is 2.30. The molecule has 0 saturated carbocycles. The lowest BCUT2D eigenvalue weighted by molar-refractivity contribution is -0.384. The Hall–Kier alpha value is -3.27. The van der Waals surface area contributed by atoms with Crippen LogP contribution in [-0.2, 0) is 4.79 Å². The Balaban J connectivity index is 1.17. The average Bonchev–Trinajstić information content (AvgIpc) is 3.17. The van der Waals surface area contributed by atoms with Gasteiger partial charge in [0.1, 0.15) is 17.0 Å². The second-order valence-corrected chi connectivity index (χ2v) is 10.2. The van der Waals surface area contributed by atoms with Crippen LogP contribution in [0.25, 0.3) is 10.2 Å². The number of non-ortho nitro benzene ring substituents is 1. The highest BCUT2D eigenvalue weighted by Gasteiger charge is 2.31. The standard InChI is InChI=1S/C24H28N6O3S/c1-16-17(2)34-23-21(16)22(25-15-26-23)28-9-7-18(8-10-28)24(31)29-13-11-27(12-14-29)19-3-5-20(6-4-19)30(32)33/h3-6,15,18H,7-14H2,1-2H3. The summed E-state index contributed by atoms with van der Waals surface area (Å²) >= 11 is 1.71. The number of carbonyl (C=O) groups is 1. The van der Waals surface area contributed by atoms with E-state index < -0.39 is 0 Å². The van der Waals surface area contributed by atoms with Gasteiger partial charge in [-0.25, -0.2) is 9.97 Å². The predicted molar refractivity (Wildman–Crippen MR) is 134 cm³/mol. The molecule has 1 amide bonds. The van der Waals surface area contributed by atoms with Crippen LogP contribution < -0.4 is 9.80 Å². The van der Waals surface area contributed by atoms with Crippen molar-refractivity contribution in [1.29, 1.82) is 0 Å². The largest absolute Gasteiger partial charge is 0.368 e. The number of aromatic nitrogens is 2. The van der Waals surface area contributed by atoms with E-state index in [4.69, 9.17) is 0 Å². The van der Waals surface area contributed by atoms with Crippen molar-refractivity contribution in [2.45, 2.75) is 26.7 Å². The van der Waals surface area contributed by atoms with Crippen LogP contribution in [0.1, 0.15) is 23.3 Å². The Kier molecular flexibility index (Phi) is 6.07. The second-order valence-electron chi connectivity index (χ2n) is 9.01. The number of aryl methyl sites for hydroxylation is 2. The molecule has 2 saturated heterocycles. The molecule has 0 unspecified atom stereocenters. The van der Waals surface area contributed by atoms with Crippen molar-refractivity contribution in [2.24, 2.45) is 5.92 Å². The third kappa shape index (κ3) is 4.18. The molecule has 2 aliphatic heterocycles. The molecule has 2 aromatic heterocycles. The first kappa shape index (κ1) is 22.5. The molecule has 178 valence electrons. The van der Waals surface area contributed by atoms with Crippen LogP contribution >= 0.6 is 11.3 Å². The van der Waals surface area contributed by atoms with Gasteiger partial charge >= 0.3 is 0 Å². The van der Waals surface area contributed by atoms with Crippen molar-refractivity contribution in [3.8, 4) is 0 Å². The number of rotatable bonds is 4. The average molecular weight is 481 g/mol. The summed E-state index contributed by atoms with van der Waals surface area (Å²) in [5, 5.41) is 12.0. The third-order valence-corrected chi connectivity index (χ3v) is 8.22. The number of amides is 1. The van der Waals surface area contributed by atoms with Crippen LogP contribution in [0.2, 0.25) is 0 Å². The highest BCUT2D eigenvalue weighted by molar-refractivity contribution is 7.18. The van der Waals surface area contributed by atoms with Crippen molar-refractivity contribution >= 4 is 44.7 Å². The molecule has 3 aromatic rings. The van der Waals surface area contributed by atoms with Crippen LogP contribution in [0, 0.1) is 29.9 Å². The van der Waals surface area contributed by atoms with Crippen molar-refractivity contribution in [2.75, 3.05) is 49.1 Å². The molecular formula is C24H28N6O3S. The Morgan fingerprint density at radius 1 is 1.00 bits per heavy atom. The molecule has 0 bridgehead atoms. The number of carbonyl (C=O) groups excluding carboxylic acids is 1. The van der Waals surface area contributed by atoms with Gasteiger partial charge in [-0.3, -0.25) is 14.9 Å². The normalized spacial score (nSPS) is 17.4. The summed E-state index contributed by atoms with van der Waals surface area (Å²) in [5.74, 6) is 1.29. The van der Waals surface area contributed by atoms with Gasteiger partial charge < -0.3 is 14.7 Å². The SMILES string of the molecule is Cc1sc2ncnc(N3CCC(C(=O)N4CCN(c5ccc([N+](=O)[O-])cc5)CC4)CC3)c2c1C. The Morgan fingerprint density at radius 3 is 2.32 bits per heavy atom. The van der Waals surface area contributed by atoms with E-state index in [1.54, 1.807) is 29.8 Å². The molecule has 0 aliphatic carbocycles. The Labute approximate surface area is 202 Å². The van der Waals surface area contributed by atoms with Crippen LogP contribution in [0.4, 0.5) is 17.2 Å². The van der Waals surface area contributed by atoms with Gasteiger partial charge in [0, 0.05) is 67.9 Å². The molecule has 10 heteroatoms. The summed E-state index contributed by atoms with van der Waals surface area (Å²) in [4.78, 5) is 41.5. The quantitative estimate of drug-likeness (QED) is 0.414. The van der Waals surface area contributed by atoms with Crippen molar-refractivity contribution < 1.29 is 9.72 Å². The molecule has 0 N–H and O–H groups in total. The van der Waals surface area contributed by atoms with Gasteiger partial charge in [0.05, 0.1) is 10.3 Å². The molecule has 1 aromatic carbocycles. The van der Waals surface area contributed by atoms with Gasteiger partial charge in [0.15, 0.2) is 0 Å². The topological polar surface area (TPSA) is 95.7 Å². The second kappa shape index (κ2) is 9.17. The van der Waals surface area contributed by atoms with Crippen molar-refractivity contribution in [3.63, 3.8) is 0 Å². The predicted octanol–water partition coefficient (Wildman–Crippen LogP) is 3.78. The molecule has 0 spiro atoms. The maximum Gasteiger partial charge on any atom is 0.269 e. The van der Waals surface area contributed by atoms with E-state index in [9.17, 15) is 14.9 Å². The first-order valence-corrected chi connectivity index (χ1v) is 12.5. The fraction of sp³-hybridized carbons (Fsp3) is 0.458. The number of piperidine rings is 1. The molecule has 9 nitrogen and oxygen atoms in total. The first-order valence-electron chi connectivity index (χ1n) is 11.7. The number of anilines is 2. The summed E-state index contributed by atoms with van der Waals surface area (Å²) < 4.78 is 0. The fourth-order valence-corrected chi connectivity index (χ4v) is 5.96. The maximum atomic E-state index is 13.2. The number of piperazine rings is 1. The van der Waals surface area contributed by atoms with Gasteiger partial charge in [-0.05, 0) is 44.4 Å². The van der Waals surface area contributed by atoms with Crippen molar-refractivity contribution in [1.82, 2.24) is 14.9 Å². The number of hydrogen-bond donors (Lipinski definition) is 0. The number of fused-ring (bicyclic) bond motifs is 1. The van der Waals surface area contributed by atoms with E-state index >= 15 is 0 Å². The highest BCUT2D eigenvalue weighted by atomic mass is 32.1. The number of nitrogens with zero attached hydrogens (tertiary/aromatic N) is 6. The molecule has 4 heterocycles. The smallest absolute Gasteiger partial charge is 0.269 e. The lowest BCUT2D eigenvalue weighted by atomic mass is 9.94. The highest BCUT2D eigenvalue weighted by Crippen LogP contribution is 2.36. The van der Waals surface area contributed by atoms with E-state index in [-0.39, 0.29) is 22.4 Å². The number of thiophene rings is 1. The molecule has 0 atom stereocenters. The zero-order valence-electron chi connectivity index (χ0n) is 19.4. The van der Waals surface area contributed by atoms with Gasteiger partial charge in [-0.2, -0.15) is 0 Å². The Morgan fingerprint density at radius 2 is 1.68 bits per heavy atom. The summed E-state index contributed by atoms with van der Waals surface area (Å²) in [6.07, 6.45) is 3.30. The fourth-order valence-electron chi connectivity index (χ4n) is 4.97. The van der Waals surface area contributed by atoms with Gasteiger partial charge in [-0.1, -0.05) is 0 Å². The number of nitro benzene ring substituents is 1. The minimum absolute atomic E-state index is 0.0461. The summed E-state index contributed by atoms with van der Waals surface area (Å²) in [6, 6.07) is 6.63. The molecule has 2 aliphatic rings. The molecule has 2 fully saturated rings. The zero-order valence-corrected chi connectivity index (χ0v) is 20.3. The lowest BCUT2D eigenvalue weighted by Crippen LogP contribution is -2.51. The number of benzene rings is 1. The first-order chi connectivity index (χ1) is 16.4. The van der Waals surface area contributed by atoms with Gasteiger partial charge in [0.2, 0.25) is 5.91 Å². The third-order valence-electron chi connectivity index (χ3n) is 7.11. The molecule has 5 rings (SSSR count). The minimum Gasteiger partial charge on any atom is -0.368 e. The van der Waals surface area contributed by atoms with E-state index in [2.05, 4.69) is 33.6 Å². The van der Waals surface area contributed by atoms with Crippen LogP contribution in [0.15, 0.2) is 30.6 Å². The van der Waals surface area contributed by atoms with E-state index in [1.807, 2.05) is 4.90 Å². The lowest BCUT2D eigenvalue weighted by Gasteiger charge is -2.39. The van der Waals surface area contributed by atoms with Crippen molar-refractivity contribution in [3.05, 3.63) is 51.1 Å². The number of hydrogen-bond acceptors (Lipinski definition) is 8. The van der Waals surface area contributed by atoms with Gasteiger partial charge in [0.25, 0.3) is 5.69 Å². The number of nitro groups is 1. The van der Waals surface area contributed by atoms with Gasteiger partial charge in [-0.15, -0.1) is 11.3 Å². The maximum absolute atomic E-state index is 13.2. The van der Waals surface area contributed by atoms with E-state index in [0.717, 1.165) is 60.7 Å². The Bertz CT molecular complexity index is 1210. The van der Waals surface area contributed by atoms with Crippen LogP contribution in [-0.4, -0.2) is 65.0 Å². The van der Waals surface area contributed by atoms with Crippen LogP contribution in [0.5, 0.6) is 0 Å². The summed E-state index contributed by atoms with van der Waals surface area (Å²) in [7, 11) is 0. The molecule has 0 radical (unpaired) electrons. The summed E-state index contributed by atoms with van der Waals surface area (Å²) in [6.45, 7) is 8.71.